The first kappa shape index (κ1) is 14.0. The fourth-order valence-electron chi connectivity index (χ4n) is 2.06. The number of rotatable bonds is 4. The minimum atomic E-state index is 0.0628. The summed E-state index contributed by atoms with van der Waals surface area (Å²) in [6, 6.07) is 0. The zero-order chi connectivity index (χ0) is 11.6. The van der Waals surface area contributed by atoms with Gasteiger partial charge in [-0.25, -0.2) is 0 Å². The molecule has 1 heteroatoms. The van der Waals surface area contributed by atoms with Gasteiger partial charge < -0.3 is 5.11 Å². The molecule has 86 valence electrons. The molecule has 0 aromatic heterocycles. The van der Waals surface area contributed by atoms with E-state index in [0.717, 1.165) is 0 Å². The van der Waals surface area contributed by atoms with Crippen LogP contribution in [-0.2, 0) is 0 Å². The fraction of sp³-hybridized carbons (Fsp3) is 1.00. The molecule has 0 saturated carbocycles. The molecule has 2 atom stereocenters. The van der Waals surface area contributed by atoms with Crippen molar-refractivity contribution in [2.75, 3.05) is 6.61 Å². The van der Waals surface area contributed by atoms with Gasteiger partial charge in [0.2, 0.25) is 0 Å². The Morgan fingerprint density at radius 3 is 1.64 bits per heavy atom. The second-order valence-electron chi connectivity index (χ2n) is 6.48. The Bertz CT molecular complexity index is 167. The molecule has 0 spiro atoms. The van der Waals surface area contributed by atoms with Gasteiger partial charge in [-0.3, -0.25) is 0 Å². The molecule has 0 heterocycles. The van der Waals surface area contributed by atoms with E-state index in [0.29, 0.717) is 23.9 Å². The highest BCUT2D eigenvalue weighted by molar-refractivity contribution is 4.84. The maximum absolute atomic E-state index is 9.52. The van der Waals surface area contributed by atoms with Gasteiger partial charge in [-0.1, -0.05) is 48.5 Å². The lowest BCUT2D eigenvalue weighted by atomic mass is 9.66. The Balaban J connectivity index is 4.54. The lowest BCUT2D eigenvalue weighted by Gasteiger charge is -2.40. The zero-order valence-electron chi connectivity index (χ0n) is 11.0. The maximum Gasteiger partial charge on any atom is 0.0489 e. The zero-order valence-corrected chi connectivity index (χ0v) is 11.0. The van der Waals surface area contributed by atoms with Crippen LogP contribution in [0.15, 0.2) is 0 Å². The third kappa shape index (κ3) is 3.61. The van der Waals surface area contributed by atoms with Crippen molar-refractivity contribution in [3.63, 3.8) is 0 Å². The van der Waals surface area contributed by atoms with Crippen LogP contribution >= 0.6 is 0 Å². The van der Waals surface area contributed by atoms with Crippen LogP contribution in [0.25, 0.3) is 0 Å². The predicted octanol–water partition coefficient (Wildman–Crippen LogP) is 3.71. The quantitative estimate of drug-likeness (QED) is 0.733. The smallest absolute Gasteiger partial charge is 0.0489 e. The molecule has 0 fully saturated rings. The summed E-state index contributed by atoms with van der Waals surface area (Å²) < 4.78 is 0. The topological polar surface area (TPSA) is 20.2 Å². The standard InChI is InChI=1S/C13H28O/c1-10(2)13(7,9-14)11(3)8-12(4,5)6/h10-11,14H,8-9H2,1-7H3. The predicted molar refractivity (Wildman–Crippen MR) is 63.3 cm³/mol. The van der Waals surface area contributed by atoms with E-state index in [1.165, 1.54) is 6.42 Å². The molecular weight excluding hydrogens is 172 g/mol. The minimum absolute atomic E-state index is 0.0628. The SMILES string of the molecule is CC(C)C(C)(CO)C(C)CC(C)(C)C. The van der Waals surface area contributed by atoms with E-state index in [2.05, 4.69) is 48.5 Å². The average molecular weight is 200 g/mol. The van der Waals surface area contributed by atoms with Crippen molar-refractivity contribution in [3.8, 4) is 0 Å². The molecule has 0 saturated heterocycles. The normalized spacial score (nSPS) is 19.5. The van der Waals surface area contributed by atoms with Crippen LogP contribution in [0, 0.1) is 22.7 Å². The van der Waals surface area contributed by atoms with E-state index in [4.69, 9.17) is 0 Å². The van der Waals surface area contributed by atoms with Crippen LogP contribution in [0.3, 0.4) is 0 Å². The summed E-state index contributed by atoms with van der Waals surface area (Å²) in [5, 5.41) is 9.52. The highest BCUT2D eigenvalue weighted by Crippen LogP contribution is 2.40. The van der Waals surface area contributed by atoms with Gasteiger partial charge in [0, 0.05) is 6.61 Å². The summed E-state index contributed by atoms with van der Waals surface area (Å²) in [6.07, 6.45) is 1.17. The third-order valence-corrected chi connectivity index (χ3v) is 3.70. The lowest BCUT2D eigenvalue weighted by Crippen LogP contribution is -2.36. The summed E-state index contributed by atoms with van der Waals surface area (Å²) in [6.45, 7) is 16.0. The van der Waals surface area contributed by atoms with E-state index < -0.39 is 0 Å². The summed E-state index contributed by atoms with van der Waals surface area (Å²) in [5.74, 6) is 1.09. The molecule has 1 nitrogen and oxygen atoms in total. The molecule has 0 aliphatic rings. The second-order valence-corrected chi connectivity index (χ2v) is 6.48. The van der Waals surface area contributed by atoms with Crippen molar-refractivity contribution in [3.05, 3.63) is 0 Å². The van der Waals surface area contributed by atoms with Gasteiger partial charge in [-0.05, 0) is 29.1 Å². The molecule has 0 aromatic carbocycles. The molecule has 0 radical (unpaired) electrons. The number of hydrogen-bond donors (Lipinski definition) is 1. The van der Waals surface area contributed by atoms with Crippen LogP contribution in [0.1, 0.15) is 54.9 Å². The molecule has 1 N–H and O–H groups in total. The van der Waals surface area contributed by atoms with E-state index >= 15 is 0 Å². The van der Waals surface area contributed by atoms with E-state index in [9.17, 15) is 5.11 Å². The summed E-state index contributed by atoms with van der Waals surface area (Å²) >= 11 is 0. The Morgan fingerprint density at radius 1 is 1.00 bits per heavy atom. The monoisotopic (exact) mass is 200 g/mol. The molecule has 0 amide bonds. The first-order chi connectivity index (χ1) is 6.13. The molecular formula is C13H28O. The first-order valence-corrected chi connectivity index (χ1v) is 5.74. The molecule has 14 heavy (non-hydrogen) atoms. The van der Waals surface area contributed by atoms with Crippen LogP contribution < -0.4 is 0 Å². The van der Waals surface area contributed by atoms with Crippen molar-refractivity contribution in [1.29, 1.82) is 0 Å². The number of aliphatic hydroxyl groups excluding tert-OH is 1. The van der Waals surface area contributed by atoms with Crippen molar-refractivity contribution in [1.82, 2.24) is 0 Å². The van der Waals surface area contributed by atoms with Gasteiger partial charge >= 0.3 is 0 Å². The van der Waals surface area contributed by atoms with Crippen molar-refractivity contribution in [2.24, 2.45) is 22.7 Å². The lowest BCUT2D eigenvalue weighted by molar-refractivity contribution is 0.0226. The Morgan fingerprint density at radius 2 is 1.43 bits per heavy atom. The summed E-state index contributed by atoms with van der Waals surface area (Å²) in [5.41, 5.74) is 0.415. The number of aliphatic hydroxyl groups is 1. The number of hydrogen-bond acceptors (Lipinski definition) is 1. The maximum atomic E-state index is 9.52. The Hall–Kier alpha value is -0.0400. The van der Waals surface area contributed by atoms with Crippen molar-refractivity contribution >= 4 is 0 Å². The molecule has 0 rings (SSSR count). The van der Waals surface area contributed by atoms with Gasteiger partial charge in [-0.2, -0.15) is 0 Å². The van der Waals surface area contributed by atoms with E-state index in [1.807, 2.05) is 0 Å². The van der Waals surface area contributed by atoms with Crippen molar-refractivity contribution in [2.45, 2.75) is 54.9 Å². The Labute approximate surface area is 89.9 Å². The fourth-order valence-corrected chi connectivity index (χ4v) is 2.06. The largest absolute Gasteiger partial charge is 0.396 e. The molecule has 0 bridgehead atoms. The highest BCUT2D eigenvalue weighted by atomic mass is 16.3. The second kappa shape index (κ2) is 4.65. The van der Waals surface area contributed by atoms with Crippen LogP contribution in [0.4, 0.5) is 0 Å². The summed E-state index contributed by atoms with van der Waals surface area (Å²) in [4.78, 5) is 0. The van der Waals surface area contributed by atoms with Crippen LogP contribution in [0.2, 0.25) is 0 Å². The first-order valence-electron chi connectivity index (χ1n) is 5.74. The van der Waals surface area contributed by atoms with Gasteiger partial charge in [0.25, 0.3) is 0 Å². The average Bonchev–Trinajstić information content (AvgIpc) is 1.99. The van der Waals surface area contributed by atoms with E-state index in [-0.39, 0.29) is 5.41 Å². The van der Waals surface area contributed by atoms with Gasteiger partial charge in [0.15, 0.2) is 0 Å². The van der Waals surface area contributed by atoms with Crippen LogP contribution in [-0.4, -0.2) is 11.7 Å². The van der Waals surface area contributed by atoms with Gasteiger partial charge in [-0.15, -0.1) is 0 Å². The van der Waals surface area contributed by atoms with E-state index in [1.54, 1.807) is 0 Å². The third-order valence-electron chi connectivity index (χ3n) is 3.70. The molecule has 0 aromatic rings. The molecule has 2 unspecified atom stereocenters. The van der Waals surface area contributed by atoms with Crippen molar-refractivity contribution < 1.29 is 5.11 Å². The molecule has 0 aliphatic carbocycles. The van der Waals surface area contributed by atoms with Gasteiger partial charge in [0.1, 0.15) is 0 Å². The Kier molecular flexibility index (Phi) is 4.64. The van der Waals surface area contributed by atoms with Gasteiger partial charge in [0.05, 0.1) is 0 Å². The molecule has 0 aliphatic heterocycles. The van der Waals surface area contributed by atoms with Crippen LogP contribution in [0.5, 0.6) is 0 Å². The summed E-state index contributed by atoms with van der Waals surface area (Å²) in [7, 11) is 0. The minimum Gasteiger partial charge on any atom is -0.396 e. The highest BCUT2D eigenvalue weighted by Gasteiger charge is 2.35.